The summed E-state index contributed by atoms with van der Waals surface area (Å²) in [5, 5.41) is 0. The number of ether oxygens (including phenoxy) is 2. The van der Waals surface area contributed by atoms with Gasteiger partial charge in [-0.1, -0.05) is 31.6 Å². The Morgan fingerprint density at radius 1 is 1.19 bits per heavy atom. The summed E-state index contributed by atoms with van der Waals surface area (Å²) in [6.45, 7) is 5.92. The molecule has 0 radical (unpaired) electrons. The first kappa shape index (κ1) is 20.5. The predicted molar refractivity (Wildman–Crippen MR) is 104 cm³/mol. The van der Waals surface area contributed by atoms with Crippen LogP contribution in [-0.4, -0.2) is 25.2 Å². The Morgan fingerprint density at radius 3 is 2.48 bits per heavy atom. The van der Waals surface area contributed by atoms with E-state index in [9.17, 15) is 8.78 Å². The SMILES string of the molecule is C=CCCC1(F)COC(C2CCC(c3ccc(CCC)c(F)c3)CC2)OC1. The lowest BCUT2D eigenvalue weighted by Crippen LogP contribution is -2.46. The molecule has 1 aliphatic heterocycles. The van der Waals surface area contributed by atoms with E-state index in [0.717, 1.165) is 49.7 Å². The zero-order chi connectivity index (χ0) is 19.3. The Bertz CT molecular complexity index is 615. The van der Waals surface area contributed by atoms with Gasteiger partial charge >= 0.3 is 0 Å². The van der Waals surface area contributed by atoms with Gasteiger partial charge in [0.2, 0.25) is 0 Å². The van der Waals surface area contributed by atoms with E-state index in [-0.39, 0.29) is 25.3 Å². The van der Waals surface area contributed by atoms with Crippen molar-refractivity contribution in [3.05, 3.63) is 47.8 Å². The lowest BCUT2D eigenvalue weighted by molar-refractivity contribution is -0.257. The van der Waals surface area contributed by atoms with Crippen LogP contribution in [-0.2, 0) is 15.9 Å². The molecule has 0 spiro atoms. The molecule has 2 nitrogen and oxygen atoms in total. The minimum atomic E-state index is -1.39. The molecular formula is C23H32F2O2. The fraction of sp³-hybridized carbons (Fsp3) is 0.652. The standard InChI is InChI=1S/C23H32F2O2/c1-3-5-13-23(25)15-26-22(27-16-23)19-10-7-17(8-11-19)20-12-9-18(6-4-2)21(24)14-20/h3,9,12,14,17,19,22H,1,4-8,10-11,13,15-16H2,2H3. The Balaban J connectivity index is 1.49. The molecule has 2 aliphatic rings. The van der Waals surface area contributed by atoms with Crippen molar-refractivity contribution in [1.29, 1.82) is 0 Å². The molecule has 3 rings (SSSR count). The molecule has 1 saturated carbocycles. The van der Waals surface area contributed by atoms with Gasteiger partial charge in [-0.2, -0.15) is 0 Å². The monoisotopic (exact) mass is 378 g/mol. The van der Waals surface area contributed by atoms with Crippen LogP contribution in [0.15, 0.2) is 30.9 Å². The van der Waals surface area contributed by atoms with Gasteiger partial charge in [-0.15, -0.1) is 6.58 Å². The molecule has 0 unspecified atom stereocenters. The van der Waals surface area contributed by atoms with Gasteiger partial charge in [-0.25, -0.2) is 8.78 Å². The van der Waals surface area contributed by atoms with Gasteiger partial charge in [-0.3, -0.25) is 0 Å². The van der Waals surface area contributed by atoms with Crippen LogP contribution in [0.3, 0.4) is 0 Å². The fourth-order valence-corrected chi connectivity index (χ4v) is 4.34. The minimum absolute atomic E-state index is 0.0748. The van der Waals surface area contributed by atoms with Crippen LogP contribution >= 0.6 is 0 Å². The highest BCUT2D eigenvalue weighted by atomic mass is 19.1. The number of benzene rings is 1. The molecule has 0 aromatic heterocycles. The zero-order valence-corrected chi connectivity index (χ0v) is 16.4. The van der Waals surface area contributed by atoms with E-state index in [1.807, 2.05) is 6.07 Å². The maximum absolute atomic E-state index is 14.6. The first-order valence-electron chi connectivity index (χ1n) is 10.4. The maximum Gasteiger partial charge on any atom is 0.160 e. The average Bonchev–Trinajstić information content (AvgIpc) is 2.69. The molecule has 1 saturated heterocycles. The van der Waals surface area contributed by atoms with Gasteiger partial charge in [0, 0.05) is 5.92 Å². The Hall–Kier alpha value is -1.26. The molecule has 1 aliphatic carbocycles. The van der Waals surface area contributed by atoms with Gasteiger partial charge in [0.15, 0.2) is 12.0 Å². The summed E-state index contributed by atoms with van der Waals surface area (Å²) in [5.41, 5.74) is 0.521. The fourth-order valence-electron chi connectivity index (χ4n) is 4.34. The number of aryl methyl sites for hydroxylation is 1. The van der Waals surface area contributed by atoms with Crippen molar-refractivity contribution in [1.82, 2.24) is 0 Å². The quantitative estimate of drug-likeness (QED) is 0.534. The van der Waals surface area contributed by atoms with E-state index in [1.165, 1.54) is 0 Å². The Labute approximate surface area is 161 Å². The molecule has 4 heteroatoms. The Morgan fingerprint density at radius 2 is 1.89 bits per heavy atom. The molecule has 0 atom stereocenters. The van der Waals surface area contributed by atoms with Gasteiger partial charge in [0.1, 0.15) is 5.82 Å². The number of hydrogen-bond donors (Lipinski definition) is 0. The number of hydrogen-bond acceptors (Lipinski definition) is 2. The number of rotatable bonds is 7. The first-order valence-corrected chi connectivity index (χ1v) is 10.4. The highest BCUT2D eigenvalue weighted by Crippen LogP contribution is 2.40. The van der Waals surface area contributed by atoms with E-state index in [1.54, 1.807) is 12.1 Å². The van der Waals surface area contributed by atoms with Crippen molar-refractivity contribution in [2.24, 2.45) is 5.92 Å². The molecule has 0 bridgehead atoms. The van der Waals surface area contributed by atoms with Crippen molar-refractivity contribution in [2.45, 2.75) is 76.2 Å². The maximum atomic E-state index is 14.6. The third kappa shape index (κ3) is 5.17. The van der Waals surface area contributed by atoms with E-state index >= 15 is 0 Å². The zero-order valence-electron chi connectivity index (χ0n) is 16.4. The lowest BCUT2D eigenvalue weighted by atomic mass is 9.78. The van der Waals surface area contributed by atoms with E-state index in [0.29, 0.717) is 24.7 Å². The molecule has 2 fully saturated rings. The van der Waals surface area contributed by atoms with Crippen LogP contribution in [0.2, 0.25) is 0 Å². The normalized spacial score (nSPS) is 31.6. The van der Waals surface area contributed by atoms with Crippen LogP contribution in [0.5, 0.6) is 0 Å². The van der Waals surface area contributed by atoms with Crippen LogP contribution in [0.4, 0.5) is 8.78 Å². The predicted octanol–water partition coefficient (Wildman–Crippen LogP) is 6.10. The summed E-state index contributed by atoms with van der Waals surface area (Å²) in [6, 6.07) is 5.75. The summed E-state index contributed by atoms with van der Waals surface area (Å²) < 4.78 is 40.3. The van der Waals surface area contributed by atoms with Crippen molar-refractivity contribution < 1.29 is 18.3 Å². The minimum Gasteiger partial charge on any atom is -0.349 e. The van der Waals surface area contributed by atoms with Gasteiger partial charge in [0.25, 0.3) is 0 Å². The molecule has 0 amide bonds. The van der Waals surface area contributed by atoms with Crippen LogP contribution in [0, 0.1) is 11.7 Å². The van der Waals surface area contributed by atoms with E-state index in [2.05, 4.69) is 19.6 Å². The summed E-state index contributed by atoms with van der Waals surface area (Å²) >= 11 is 0. The van der Waals surface area contributed by atoms with Crippen molar-refractivity contribution in [2.75, 3.05) is 13.2 Å². The average molecular weight is 379 g/mol. The van der Waals surface area contributed by atoms with E-state index < -0.39 is 5.67 Å². The van der Waals surface area contributed by atoms with Crippen molar-refractivity contribution in [3.8, 4) is 0 Å². The molecule has 1 aromatic carbocycles. The topological polar surface area (TPSA) is 18.5 Å². The second kappa shape index (κ2) is 9.29. The first-order chi connectivity index (χ1) is 13.0. The van der Waals surface area contributed by atoms with Crippen LogP contribution < -0.4 is 0 Å². The van der Waals surface area contributed by atoms with Crippen LogP contribution in [0.1, 0.15) is 68.9 Å². The summed E-state index contributed by atoms with van der Waals surface area (Å²) in [7, 11) is 0. The third-order valence-electron chi connectivity index (χ3n) is 6.03. The Kier molecular flexibility index (Phi) is 7.04. The van der Waals surface area contributed by atoms with E-state index in [4.69, 9.17) is 9.47 Å². The molecule has 0 N–H and O–H groups in total. The van der Waals surface area contributed by atoms with Crippen molar-refractivity contribution >= 4 is 0 Å². The summed E-state index contributed by atoms with van der Waals surface area (Å²) in [5.74, 6) is 0.617. The highest BCUT2D eigenvalue weighted by Gasteiger charge is 2.40. The molecule has 1 heterocycles. The molecule has 1 aromatic rings. The van der Waals surface area contributed by atoms with Gasteiger partial charge in [-0.05, 0) is 68.1 Å². The van der Waals surface area contributed by atoms with Gasteiger partial charge < -0.3 is 9.47 Å². The smallest absolute Gasteiger partial charge is 0.160 e. The number of halogens is 2. The summed E-state index contributed by atoms with van der Waals surface area (Å²) in [4.78, 5) is 0. The molecule has 150 valence electrons. The van der Waals surface area contributed by atoms with Crippen molar-refractivity contribution in [3.63, 3.8) is 0 Å². The highest BCUT2D eigenvalue weighted by molar-refractivity contribution is 5.27. The number of alkyl halides is 1. The second-order valence-electron chi connectivity index (χ2n) is 8.18. The third-order valence-corrected chi connectivity index (χ3v) is 6.03. The second-order valence-corrected chi connectivity index (χ2v) is 8.18. The number of allylic oxidation sites excluding steroid dienone is 1. The molecule has 27 heavy (non-hydrogen) atoms. The lowest BCUT2D eigenvalue weighted by Gasteiger charge is -2.40. The van der Waals surface area contributed by atoms with Gasteiger partial charge in [0.05, 0.1) is 13.2 Å². The largest absolute Gasteiger partial charge is 0.349 e. The summed E-state index contributed by atoms with van der Waals surface area (Å²) in [6.07, 6.45) is 8.14. The van der Waals surface area contributed by atoms with Crippen LogP contribution in [0.25, 0.3) is 0 Å². The molecular weight excluding hydrogens is 346 g/mol.